The molecule has 0 atom stereocenters. The van der Waals surface area contributed by atoms with Crippen molar-refractivity contribution in [2.45, 2.75) is 13.3 Å². The molecule has 0 aliphatic heterocycles. The first-order valence-electron chi connectivity index (χ1n) is 8.40. The van der Waals surface area contributed by atoms with Crippen LogP contribution in [0.2, 0.25) is 0 Å². The summed E-state index contributed by atoms with van der Waals surface area (Å²) in [5, 5.41) is 0.865. The Balaban J connectivity index is 2.44. The predicted molar refractivity (Wildman–Crippen MR) is 97.9 cm³/mol. The van der Waals surface area contributed by atoms with Gasteiger partial charge >= 0.3 is 17.9 Å². The summed E-state index contributed by atoms with van der Waals surface area (Å²) in [4.78, 5) is 37.2. The van der Waals surface area contributed by atoms with Crippen molar-refractivity contribution in [1.29, 1.82) is 0 Å². The molecule has 3 aromatic rings. The van der Waals surface area contributed by atoms with E-state index >= 15 is 0 Å². The minimum atomic E-state index is -0.720. The SMILES string of the molecule is CCOC(=O)Cc1c(C(=O)OC)c(C(=O)OC)n2c1ccc1ccccc12. The normalized spacial score (nSPS) is 10.8. The highest BCUT2D eigenvalue weighted by Crippen LogP contribution is 2.30. The first-order chi connectivity index (χ1) is 13.0. The molecule has 0 N–H and O–H groups in total. The van der Waals surface area contributed by atoms with Crippen LogP contribution < -0.4 is 0 Å². The summed E-state index contributed by atoms with van der Waals surface area (Å²) in [6, 6.07) is 11.0. The standard InChI is InChI=1S/C20H19NO6/c1-4-27-16(22)11-13-15-10-9-12-7-5-6-8-14(12)21(15)18(20(24)26-3)17(13)19(23)25-2/h5-10H,4,11H2,1-3H3. The second kappa shape index (κ2) is 7.49. The van der Waals surface area contributed by atoms with Gasteiger partial charge < -0.3 is 18.6 Å². The van der Waals surface area contributed by atoms with E-state index in [1.165, 1.54) is 14.2 Å². The van der Waals surface area contributed by atoms with Crippen molar-refractivity contribution in [3.63, 3.8) is 0 Å². The van der Waals surface area contributed by atoms with Gasteiger partial charge in [-0.3, -0.25) is 4.79 Å². The number of carbonyl (C=O) groups is 3. The van der Waals surface area contributed by atoms with Gasteiger partial charge in [-0.2, -0.15) is 0 Å². The van der Waals surface area contributed by atoms with Gasteiger partial charge in [0, 0.05) is 5.56 Å². The Labute approximate surface area is 155 Å². The Bertz CT molecular complexity index is 1050. The molecule has 2 heterocycles. The maximum atomic E-state index is 12.6. The highest BCUT2D eigenvalue weighted by molar-refractivity contribution is 6.08. The van der Waals surface area contributed by atoms with Gasteiger partial charge in [0.25, 0.3) is 0 Å². The molecule has 1 aromatic carbocycles. The van der Waals surface area contributed by atoms with E-state index in [-0.39, 0.29) is 24.3 Å². The highest BCUT2D eigenvalue weighted by Gasteiger charge is 2.31. The van der Waals surface area contributed by atoms with Crippen molar-refractivity contribution in [3.05, 3.63) is 53.2 Å². The van der Waals surface area contributed by atoms with Crippen molar-refractivity contribution in [2.75, 3.05) is 20.8 Å². The highest BCUT2D eigenvalue weighted by atomic mass is 16.5. The Morgan fingerprint density at radius 3 is 2.30 bits per heavy atom. The number of ether oxygens (including phenoxy) is 3. The number of nitrogens with zero attached hydrogens (tertiary/aromatic N) is 1. The molecule has 0 bridgehead atoms. The van der Waals surface area contributed by atoms with Crippen molar-refractivity contribution in [2.24, 2.45) is 0 Å². The average Bonchev–Trinajstić information content (AvgIpc) is 3.01. The molecule has 0 saturated carbocycles. The maximum Gasteiger partial charge on any atom is 0.355 e. The molecule has 0 saturated heterocycles. The van der Waals surface area contributed by atoms with E-state index in [9.17, 15) is 14.4 Å². The average molecular weight is 369 g/mol. The quantitative estimate of drug-likeness (QED) is 0.508. The number of pyridine rings is 1. The van der Waals surface area contributed by atoms with Gasteiger partial charge in [0.15, 0.2) is 0 Å². The van der Waals surface area contributed by atoms with Crippen LogP contribution in [0.5, 0.6) is 0 Å². The Morgan fingerprint density at radius 1 is 0.926 bits per heavy atom. The number of hydrogen-bond donors (Lipinski definition) is 0. The molecule has 0 unspecified atom stereocenters. The number of carbonyl (C=O) groups excluding carboxylic acids is 3. The van der Waals surface area contributed by atoms with Crippen molar-refractivity contribution in [1.82, 2.24) is 4.40 Å². The van der Waals surface area contributed by atoms with Crippen LogP contribution in [0.3, 0.4) is 0 Å². The van der Waals surface area contributed by atoms with Gasteiger partial charge in [0.2, 0.25) is 0 Å². The molecule has 7 heteroatoms. The van der Waals surface area contributed by atoms with Gasteiger partial charge in [-0.25, -0.2) is 9.59 Å². The topological polar surface area (TPSA) is 83.3 Å². The Morgan fingerprint density at radius 2 is 1.63 bits per heavy atom. The molecule has 27 heavy (non-hydrogen) atoms. The third-order valence-electron chi connectivity index (χ3n) is 4.31. The molecule has 0 spiro atoms. The molecule has 0 radical (unpaired) electrons. The number of aromatic nitrogens is 1. The van der Waals surface area contributed by atoms with Crippen LogP contribution in [0.1, 0.15) is 33.3 Å². The van der Waals surface area contributed by atoms with Crippen molar-refractivity contribution in [3.8, 4) is 0 Å². The van der Waals surface area contributed by atoms with Gasteiger partial charge in [-0.1, -0.05) is 24.3 Å². The summed E-state index contributed by atoms with van der Waals surface area (Å²) in [6.45, 7) is 1.91. The monoisotopic (exact) mass is 369 g/mol. The fraction of sp³-hybridized carbons (Fsp3) is 0.250. The molecule has 0 aliphatic carbocycles. The van der Waals surface area contributed by atoms with Crippen molar-refractivity contribution < 1.29 is 28.6 Å². The van der Waals surface area contributed by atoms with Gasteiger partial charge in [0.05, 0.1) is 43.8 Å². The van der Waals surface area contributed by atoms with Crippen LogP contribution >= 0.6 is 0 Å². The van der Waals surface area contributed by atoms with Crippen molar-refractivity contribution >= 4 is 34.3 Å². The van der Waals surface area contributed by atoms with E-state index in [1.807, 2.05) is 30.3 Å². The molecular weight excluding hydrogens is 350 g/mol. The molecule has 0 amide bonds. The zero-order valence-corrected chi connectivity index (χ0v) is 15.3. The van der Waals surface area contributed by atoms with E-state index < -0.39 is 17.9 Å². The molecule has 140 valence electrons. The lowest BCUT2D eigenvalue weighted by molar-refractivity contribution is -0.142. The van der Waals surface area contributed by atoms with Gasteiger partial charge in [-0.15, -0.1) is 0 Å². The lowest BCUT2D eigenvalue weighted by Gasteiger charge is -2.07. The van der Waals surface area contributed by atoms with Gasteiger partial charge in [-0.05, 0) is 24.4 Å². The Hall–Kier alpha value is -3.35. The minimum absolute atomic E-state index is 0.00811. The molecule has 2 aromatic heterocycles. The summed E-state index contributed by atoms with van der Waals surface area (Å²) in [7, 11) is 2.46. The largest absolute Gasteiger partial charge is 0.466 e. The number of methoxy groups -OCH3 is 2. The second-order valence-corrected chi connectivity index (χ2v) is 5.78. The number of rotatable bonds is 5. The number of benzene rings is 1. The van der Waals surface area contributed by atoms with E-state index in [1.54, 1.807) is 17.4 Å². The zero-order valence-electron chi connectivity index (χ0n) is 15.3. The zero-order chi connectivity index (χ0) is 19.6. The third-order valence-corrected chi connectivity index (χ3v) is 4.31. The van der Waals surface area contributed by atoms with Crippen LogP contribution in [-0.2, 0) is 25.4 Å². The third kappa shape index (κ3) is 3.12. The first kappa shape index (κ1) is 18.4. The summed E-state index contributed by atoms with van der Waals surface area (Å²) >= 11 is 0. The number of hydrogen-bond acceptors (Lipinski definition) is 6. The van der Waals surface area contributed by atoms with E-state index in [2.05, 4.69) is 0 Å². The van der Waals surface area contributed by atoms with Crippen LogP contribution in [0, 0.1) is 0 Å². The lowest BCUT2D eigenvalue weighted by Crippen LogP contribution is -2.15. The van der Waals surface area contributed by atoms with Crippen LogP contribution in [0.4, 0.5) is 0 Å². The second-order valence-electron chi connectivity index (χ2n) is 5.78. The molecule has 7 nitrogen and oxygen atoms in total. The summed E-state index contributed by atoms with van der Waals surface area (Å²) in [5.74, 6) is -1.92. The smallest absolute Gasteiger partial charge is 0.355 e. The van der Waals surface area contributed by atoms with E-state index in [0.717, 1.165) is 5.39 Å². The lowest BCUT2D eigenvalue weighted by atomic mass is 10.1. The fourth-order valence-corrected chi connectivity index (χ4v) is 3.21. The predicted octanol–water partition coefficient (Wildman–Crippen LogP) is 2.77. The minimum Gasteiger partial charge on any atom is -0.466 e. The molecular formula is C20H19NO6. The molecule has 0 aliphatic rings. The summed E-state index contributed by atoms with van der Waals surface area (Å²) in [6.07, 6.45) is -0.170. The number of fused-ring (bicyclic) bond motifs is 3. The molecule has 3 rings (SSSR count). The first-order valence-corrected chi connectivity index (χ1v) is 8.40. The Kier molecular flexibility index (Phi) is 5.12. The fourth-order valence-electron chi connectivity index (χ4n) is 3.21. The van der Waals surface area contributed by atoms with Gasteiger partial charge in [0.1, 0.15) is 5.69 Å². The van der Waals surface area contributed by atoms with Crippen LogP contribution in [0.25, 0.3) is 16.4 Å². The maximum absolute atomic E-state index is 12.6. The summed E-state index contributed by atoms with van der Waals surface area (Å²) in [5.41, 5.74) is 1.65. The van der Waals surface area contributed by atoms with Crippen LogP contribution in [0.15, 0.2) is 36.4 Å². The van der Waals surface area contributed by atoms with E-state index in [0.29, 0.717) is 16.6 Å². The number of para-hydroxylation sites is 1. The molecule has 0 fully saturated rings. The van der Waals surface area contributed by atoms with Crippen LogP contribution in [-0.4, -0.2) is 43.1 Å². The number of esters is 3. The summed E-state index contributed by atoms with van der Waals surface area (Å²) < 4.78 is 16.5. The van der Waals surface area contributed by atoms with E-state index in [4.69, 9.17) is 14.2 Å².